The van der Waals surface area contributed by atoms with E-state index in [0.717, 1.165) is 31.2 Å². The Bertz CT molecular complexity index is 624. The van der Waals surface area contributed by atoms with Crippen LogP contribution in [0.4, 0.5) is 0 Å². The number of aryl methyl sites for hydroxylation is 1. The molecule has 4 fully saturated rings. The Hall–Kier alpha value is -1.07. The van der Waals surface area contributed by atoms with Crippen molar-refractivity contribution in [2.75, 3.05) is 26.2 Å². The third kappa shape index (κ3) is 2.89. The average molecular weight is 337 g/mol. The normalized spacial score (nSPS) is 28.2. The molecule has 5 nitrogen and oxygen atoms in total. The Morgan fingerprint density at radius 3 is 2.65 bits per heavy atom. The van der Waals surface area contributed by atoms with Gasteiger partial charge in [-0.05, 0) is 44.4 Å². The zero-order chi connectivity index (χ0) is 16.1. The zero-order valence-electron chi connectivity index (χ0n) is 14.0. The second-order valence-electron chi connectivity index (χ2n) is 7.58. The van der Waals surface area contributed by atoms with Gasteiger partial charge < -0.3 is 4.90 Å². The Morgan fingerprint density at radius 2 is 2.00 bits per heavy atom. The van der Waals surface area contributed by atoms with Crippen LogP contribution in [0.3, 0.4) is 0 Å². The first-order valence-electron chi connectivity index (χ1n) is 8.75. The molecule has 4 aliphatic rings. The summed E-state index contributed by atoms with van der Waals surface area (Å²) in [6.45, 7) is 5.96. The number of nitrogens with zero attached hydrogens (tertiary/aromatic N) is 4. The van der Waals surface area contributed by atoms with Gasteiger partial charge in [-0.25, -0.2) is 0 Å². The van der Waals surface area contributed by atoms with Gasteiger partial charge in [-0.2, -0.15) is 5.10 Å². The van der Waals surface area contributed by atoms with Crippen LogP contribution in [-0.4, -0.2) is 57.7 Å². The van der Waals surface area contributed by atoms with Gasteiger partial charge in [-0.3, -0.25) is 14.4 Å². The van der Waals surface area contributed by atoms with E-state index in [9.17, 15) is 4.79 Å². The number of fused-ring (bicyclic) bond motifs is 4. The van der Waals surface area contributed by atoms with Crippen molar-refractivity contribution >= 4 is 17.5 Å². The van der Waals surface area contributed by atoms with E-state index in [-0.39, 0.29) is 5.91 Å². The van der Waals surface area contributed by atoms with Crippen molar-refractivity contribution in [2.45, 2.75) is 38.6 Å². The largest absolute Gasteiger partial charge is 0.335 e. The first kappa shape index (κ1) is 15.5. The van der Waals surface area contributed by atoms with Crippen LogP contribution in [0.5, 0.6) is 0 Å². The number of rotatable bonds is 3. The maximum Gasteiger partial charge on any atom is 0.275 e. The molecule has 2 atom stereocenters. The smallest absolute Gasteiger partial charge is 0.275 e. The van der Waals surface area contributed by atoms with E-state index >= 15 is 0 Å². The fourth-order valence-electron chi connectivity index (χ4n) is 4.07. The van der Waals surface area contributed by atoms with E-state index < -0.39 is 0 Å². The van der Waals surface area contributed by atoms with Crippen molar-refractivity contribution in [2.24, 2.45) is 18.9 Å². The number of amides is 1. The number of aromatic nitrogens is 2. The highest BCUT2D eigenvalue weighted by Crippen LogP contribution is 2.35. The van der Waals surface area contributed by atoms with Gasteiger partial charge in [0.1, 0.15) is 0 Å². The zero-order valence-corrected chi connectivity index (χ0v) is 14.7. The van der Waals surface area contributed by atoms with Crippen LogP contribution < -0.4 is 0 Å². The average Bonchev–Trinajstić information content (AvgIpc) is 3.34. The molecule has 0 aromatic carbocycles. The van der Waals surface area contributed by atoms with Gasteiger partial charge in [0.15, 0.2) is 5.69 Å². The van der Waals surface area contributed by atoms with E-state index in [1.807, 2.05) is 18.9 Å². The topological polar surface area (TPSA) is 41.4 Å². The van der Waals surface area contributed by atoms with Crippen molar-refractivity contribution in [3.63, 3.8) is 0 Å². The number of halogens is 1. The minimum absolute atomic E-state index is 0.00359. The molecule has 1 saturated carbocycles. The Labute approximate surface area is 142 Å². The minimum Gasteiger partial charge on any atom is -0.335 e. The molecule has 126 valence electrons. The molecule has 0 spiro atoms. The summed E-state index contributed by atoms with van der Waals surface area (Å²) < 4.78 is 1.70. The number of piperidine rings is 1. The molecule has 2 bridgehead atoms. The molecular formula is C17H25ClN4O. The van der Waals surface area contributed by atoms with Crippen LogP contribution in [0.25, 0.3) is 0 Å². The fourth-order valence-corrected chi connectivity index (χ4v) is 4.31. The molecule has 1 aromatic rings. The van der Waals surface area contributed by atoms with Crippen molar-refractivity contribution in [3.05, 3.63) is 16.4 Å². The Kier molecular flexibility index (Phi) is 3.88. The molecule has 6 heteroatoms. The van der Waals surface area contributed by atoms with Crippen molar-refractivity contribution < 1.29 is 4.79 Å². The maximum atomic E-state index is 12.9. The standard InChI is InChI=1S/C17H25ClN4O/c1-11-15(18)16(19-20(11)2)17(23)22-9-13-5-6-14(10-22)21(8-13)7-12-3-4-12/h12-14H,3-10H2,1-2H3/t13-,14-/m0/s1. The number of carbonyl (C=O) groups is 1. The van der Waals surface area contributed by atoms with Gasteiger partial charge in [0.05, 0.1) is 10.7 Å². The fraction of sp³-hybridized carbons (Fsp3) is 0.765. The summed E-state index contributed by atoms with van der Waals surface area (Å²) in [5.74, 6) is 1.51. The second kappa shape index (κ2) is 5.78. The van der Waals surface area contributed by atoms with E-state index in [0.29, 0.717) is 22.7 Å². The lowest BCUT2D eigenvalue weighted by molar-refractivity contribution is 0.0730. The molecule has 0 unspecified atom stereocenters. The molecule has 3 saturated heterocycles. The summed E-state index contributed by atoms with van der Waals surface area (Å²) in [6, 6.07) is 0.516. The molecule has 0 N–H and O–H groups in total. The predicted octanol–water partition coefficient (Wildman–Crippen LogP) is 2.33. The van der Waals surface area contributed by atoms with Crippen molar-refractivity contribution in [1.82, 2.24) is 19.6 Å². The highest BCUT2D eigenvalue weighted by Gasteiger charge is 2.39. The molecule has 1 amide bonds. The van der Waals surface area contributed by atoms with Gasteiger partial charge >= 0.3 is 0 Å². The molecule has 1 aliphatic carbocycles. The van der Waals surface area contributed by atoms with E-state index in [2.05, 4.69) is 10.00 Å². The lowest BCUT2D eigenvalue weighted by Gasteiger charge is -2.36. The highest BCUT2D eigenvalue weighted by molar-refractivity contribution is 6.34. The molecular weight excluding hydrogens is 312 g/mol. The van der Waals surface area contributed by atoms with Crippen LogP contribution in [0.2, 0.25) is 5.02 Å². The summed E-state index contributed by atoms with van der Waals surface area (Å²) in [5, 5.41) is 4.85. The van der Waals surface area contributed by atoms with Crippen LogP contribution in [-0.2, 0) is 7.05 Å². The van der Waals surface area contributed by atoms with E-state index in [1.54, 1.807) is 4.68 Å². The molecule has 3 aliphatic heterocycles. The molecule has 1 aromatic heterocycles. The van der Waals surface area contributed by atoms with Gasteiger partial charge in [0.25, 0.3) is 5.91 Å². The van der Waals surface area contributed by atoms with Gasteiger partial charge in [-0.15, -0.1) is 0 Å². The van der Waals surface area contributed by atoms with E-state index in [1.165, 1.54) is 32.2 Å². The third-order valence-corrected chi connectivity index (χ3v) is 6.22. The molecule has 4 heterocycles. The molecule has 0 radical (unpaired) electrons. The second-order valence-corrected chi connectivity index (χ2v) is 7.95. The number of carbonyl (C=O) groups excluding carboxylic acids is 1. The summed E-state index contributed by atoms with van der Waals surface area (Å²) in [7, 11) is 1.83. The lowest BCUT2D eigenvalue weighted by Crippen LogP contribution is -2.45. The first-order chi connectivity index (χ1) is 11.0. The predicted molar refractivity (Wildman–Crippen MR) is 89.7 cm³/mol. The Morgan fingerprint density at radius 1 is 1.22 bits per heavy atom. The molecule has 5 rings (SSSR count). The van der Waals surface area contributed by atoms with Crippen LogP contribution >= 0.6 is 11.6 Å². The summed E-state index contributed by atoms with van der Waals surface area (Å²) >= 11 is 6.32. The third-order valence-electron chi connectivity index (χ3n) is 5.77. The number of hydrogen-bond donors (Lipinski definition) is 0. The van der Waals surface area contributed by atoms with Crippen molar-refractivity contribution in [1.29, 1.82) is 0 Å². The van der Waals surface area contributed by atoms with Crippen LogP contribution in [0.1, 0.15) is 41.9 Å². The van der Waals surface area contributed by atoms with E-state index in [4.69, 9.17) is 11.6 Å². The monoisotopic (exact) mass is 336 g/mol. The number of hydrogen-bond acceptors (Lipinski definition) is 3. The SMILES string of the molecule is Cc1c(Cl)c(C(=O)N2C[C@H]3CC[C@@H](C2)N(CC2CC2)C3)nn1C. The minimum atomic E-state index is 0.00359. The van der Waals surface area contributed by atoms with Gasteiger partial charge in [-0.1, -0.05) is 11.6 Å². The maximum absolute atomic E-state index is 12.9. The quantitative estimate of drug-likeness (QED) is 0.850. The Balaban J connectivity index is 1.53. The summed E-state index contributed by atoms with van der Waals surface area (Å²) in [6.07, 6.45) is 5.24. The van der Waals surface area contributed by atoms with Gasteiger partial charge in [0.2, 0.25) is 0 Å². The highest BCUT2D eigenvalue weighted by atomic mass is 35.5. The van der Waals surface area contributed by atoms with Crippen LogP contribution in [0.15, 0.2) is 0 Å². The van der Waals surface area contributed by atoms with Gasteiger partial charge in [0, 0.05) is 39.3 Å². The van der Waals surface area contributed by atoms with Crippen LogP contribution in [0, 0.1) is 18.8 Å². The summed E-state index contributed by atoms with van der Waals surface area (Å²) in [4.78, 5) is 17.6. The first-order valence-corrected chi connectivity index (χ1v) is 9.13. The molecule has 23 heavy (non-hydrogen) atoms. The van der Waals surface area contributed by atoms with Crippen molar-refractivity contribution in [3.8, 4) is 0 Å². The lowest BCUT2D eigenvalue weighted by atomic mass is 9.95. The summed E-state index contributed by atoms with van der Waals surface area (Å²) in [5.41, 5.74) is 1.27.